The monoisotopic (exact) mass is 356 g/mol. The first kappa shape index (κ1) is 16.3. The molecule has 1 saturated carbocycles. The van der Waals surface area contributed by atoms with E-state index in [2.05, 4.69) is 15.8 Å². The molecule has 0 amide bonds. The normalized spacial score (nSPS) is 16.2. The third-order valence-corrected chi connectivity index (χ3v) is 6.06. The van der Waals surface area contributed by atoms with E-state index in [9.17, 15) is 8.42 Å². The highest BCUT2D eigenvalue weighted by atomic mass is 32.2. The summed E-state index contributed by atoms with van der Waals surface area (Å²) in [5.41, 5.74) is 3.78. The Balaban J connectivity index is 1.70. The summed E-state index contributed by atoms with van der Waals surface area (Å²) in [4.78, 5) is 4.36. The lowest BCUT2D eigenvalue weighted by atomic mass is 10.00. The fourth-order valence-corrected chi connectivity index (χ4v) is 3.96. The molecule has 1 unspecified atom stereocenters. The Morgan fingerprint density at radius 1 is 1.20 bits per heavy atom. The summed E-state index contributed by atoms with van der Waals surface area (Å²) in [5, 5.41) is 1.04. The Kier molecular flexibility index (Phi) is 4.09. The second-order valence-electron chi connectivity index (χ2n) is 6.52. The maximum absolute atomic E-state index is 12.0. The zero-order valence-electron chi connectivity index (χ0n) is 14.0. The van der Waals surface area contributed by atoms with Crippen LogP contribution >= 0.6 is 0 Å². The van der Waals surface area contributed by atoms with Crippen LogP contribution in [0, 0.1) is 5.92 Å². The Labute approximate surface area is 147 Å². The van der Waals surface area contributed by atoms with E-state index in [0.29, 0.717) is 5.92 Å². The van der Waals surface area contributed by atoms with Gasteiger partial charge in [-0.15, -0.1) is 0 Å². The predicted molar refractivity (Wildman–Crippen MR) is 97.5 cm³/mol. The highest BCUT2D eigenvalue weighted by Crippen LogP contribution is 2.42. The zero-order valence-corrected chi connectivity index (χ0v) is 14.8. The second-order valence-corrected chi connectivity index (χ2v) is 8.56. The van der Waals surface area contributed by atoms with E-state index in [-0.39, 0.29) is 11.8 Å². The summed E-state index contributed by atoms with van der Waals surface area (Å²) in [7, 11) is -3.26. The largest absolute Gasteiger partial charge is 0.464 e. The van der Waals surface area contributed by atoms with Crippen molar-refractivity contribution in [1.82, 2.24) is 9.71 Å². The Morgan fingerprint density at radius 2 is 2.04 bits per heavy atom. The maximum Gasteiger partial charge on any atom is 0.211 e. The number of rotatable bonds is 6. The SMILES string of the molecule is CCS(=O)(=O)NC(c1cncc(-c2ccc3occc3c2)c1)C1CC1. The zero-order chi connectivity index (χ0) is 17.4. The summed E-state index contributed by atoms with van der Waals surface area (Å²) in [6, 6.07) is 9.76. The van der Waals surface area contributed by atoms with E-state index in [1.165, 1.54) is 0 Å². The lowest BCUT2D eigenvalue weighted by molar-refractivity contribution is 0.529. The van der Waals surface area contributed by atoms with Crippen molar-refractivity contribution >= 4 is 21.0 Å². The van der Waals surface area contributed by atoms with Gasteiger partial charge in [-0.3, -0.25) is 4.98 Å². The quantitative estimate of drug-likeness (QED) is 0.727. The van der Waals surface area contributed by atoms with Gasteiger partial charge >= 0.3 is 0 Å². The molecule has 25 heavy (non-hydrogen) atoms. The molecule has 5 nitrogen and oxygen atoms in total. The van der Waals surface area contributed by atoms with Gasteiger partial charge in [0.05, 0.1) is 18.1 Å². The Hall–Kier alpha value is -2.18. The van der Waals surface area contributed by atoms with Crippen LogP contribution in [0.15, 0.2) is 53.4 Å². The second kappa shape index (κ2) is 6.28. The van der Waals surface area contributed by atoms with Crippen LogP contribution in [0.3, 0.4) is 0 Å². The van der Waals surface area contributed by atoms with Crippen LogP contribution in [0.1, 0.15) is 31.4 Å². The topological polar surface area (TPSA) is 72.2 Å². The molecule has 6 heteroatoms. The van der Waals surface area contributed by atoms with E-state index in [1.807, 2.05) is 30.5 Å². The van der Waals surface area contributed by atoms with Gasteiger partial charge in [-0.1, -0.05) is 6.07 Å². The Bertz CT molecular complexity index is 1010. The van der Waals surface area contributed by atoms with Crippen molar-refractivity contribution in [2.45, 2.75) is 25.8 Å². The number of benzene rings is 1. The van der Waals surface area contributed by atoms with Crippen LogP contribution < -0.4 is 4.72 Å². The average molecular weight is 356 g/mol. The van der Waals surface area contributed by atoms with Crippen LogP contribution in [0.2, 0.25) is 0 Å². The first-order valence-electron chi connectivity index (χ1n) is 8.48. The summed E-state index contributed by atoms with van der Waals surface area (Å²) < 4.78 is 32.3. The van der Waals surface area contributed by atoms with Gasteiger partial charge in [-0.25, -0.2) is 13.1 Å². The van der Waals surface area contributed by atoms with Crippen LogP contribution in [0.5, 0.6) is 0 Å². The number of sulfonamides is 1. The van der Waals surface area contributed by atoms with Crippen LogP contribution in [-0.2, 0) is 10.0 Å². The van der Waals surface area contributed by atoms with Gasteiger partial charge in [0.2, 0.25) is 10.0 Å². The molecular weight excluding hydrogens is 336 g/mol. The fraction of sp³-hybridized carbons (Fsp3) is 0.316. The van der Waals surface area contributed by atoms with Crippen LogP contribution in [-0.4, -0.2) is 19.2 Å². The van der Waals surface area contributed by atoms with Crippen molar-refractivity contribution in [2.24, 2.45) is 5.92 Å². The maximum atomic E-state index is 12.0. The molecule has 2 aromatic heterocycles. The van der Waals surface area contributed by atoms with Gasteiger partial charge < -0.3 is 4.42 Å². The smallest absolute Gasteiger partial charge is 0.211 e. The van der Waals surface area contributed by atoms with Gasteiger partial charge in [0.1, 0.15) is 5.58 Å². The number of hydrogen-bond acceptors (Lipinski definition) is 4. The molecular formula is C19H20N2O3S. The molecule has 1 aliphatic rings. The standard InChI is InChI=1S/C19H20N2O3S/c1-2-25(22,23)21-19(13-3-4-13)17-10-16(11-20-12-17)14-5-6-18-15(9-14)7-8-24-18/h5-13,19,21H,2-4H2,1H3. The predicted octanol–water partition coefficient (Wildman–Crippen LogP) is 3.89. The van der Waals surface area contributed by atoms with Gasteiger partial charge in [-0.05, 0) is 61.1 Å². The number of nitrogens with zero attached hydrogens (tertiary/aromatic N) is 1. The van der Waals surface area contributed by atoms with Crippen molar-refractivity contribution in [2.75, 3.05) is 5.75 Å². The third kappa shape index (κ3) is 3.45. The number of nitrogens with one attached hydrogen (secondary N) is 1. The summed E-state index contributed by atoms with van der Waals surface area (Å²) in [6.07, 6.45) is 7.33. The van der Waals surface area contributed by atoms with Gasteiger partial charge in [-0.2, -0.15) is 0 Å². The van der Waals surface area contributed by atoms with E-state index < -0.39 is 10.0 Å². The minimum Gasteiger partial charge on any atom is -0.464 e. The van der Waals surface area contributed by atoms with Crippen LogP contribution in [0.4, 0.5) is 0 Å². The molecule has 130 valence electrons. The Morgan fingerprint density at radius 3 is 2.80 bits per heavy atom. The number of fused-ring (bicyclic) bond motifs is 1. The van der Waals surface area contributed by atoms with Crippen molar-refractivity contribution in [3.05, 3.63) is 54.6 Å². The molecule has 1 N–H and O–H groups in total. The molecule has 0 saturated heterocycles. The van der Waals surface area contributed by atoms with Gasteiger partial charge in [0.25, 0.3) is 0 Å². The molecule has 1 aromatic carbocycles. The number of hydrogen-bond donors (Lipinski definition) is 1. The number of pyridine rings is 1. The van der Waals surface area contributed by atoms with E-state index in [4.69, 9.17) is 4.42 Å². The highest BCUT2D eigenvalue weighted by Gasteiger charge is 2.35. The third-order valence-electron chi connectivity index (χ3n) is 4.68. The first-order valence-corrected chi connectivity index (χ1v) is 10.1. The minimum absolute atomic E-state index is 0.0838. The van der Waals surface area contributed by atoms with E-state index >= 15 is 0 Å². The number of aromatic nitrogens is 1. The fourth-order valence-electron chi connectivity index (χ4n) is 3.07. The lowest BCUT2D eigenvalue weighted by Crippen LogP contribution is -2.31. The van der Waals surface area contributed by atoms with Crippen molar-refractivity contribution in [3.63, 3.8) is 0 Å². The van der Waals surface area contributed by atoms with Crippen molar-refractivity contribution < 1.29 is 12.8 Å². The molecule has 2 heterocycles. The van der Waals surface area contributed by atoms with Gasteiger partial charge in [0, 0.05) is 23.3 Å². The van der Waals surface area contributed by atoms with Gasteiger partial charge in [0.15, 0.2) is 0 Å². The molecule has 4 rings (SSSR count). The van der Waals surface area contributed by atoms with Crippen LogP contribution in [0.25, 0.3) is 22.1 Å². The highest BCUT2D eigenvalue weighted by molar-refractivity contribution is 7.89. The summed E-state index contributed by atoms with van der Waals surface area (Å²) >= 11 is 0. The lowest BCUT2D eigenvalue weighted by Gasteiger charge is -2.18. The molecule has 0 radical (unpaired) electrons. The molecule has 0 spiro atoms. The molecule has 1 aliphatic carbocycles. The molecule has 1 atom stereocenters. The average Bonchev–Trinajstić information content (AvgIpc) is 3.36. The van der Waals surface area contributed by atoms with E-state index in [1.54, 1.807) is 19.4 Å². The first-order chi connectivity index (χ1) is 12.1. The van der Waals surface area contributed by atoms with Crippen molar-refractivity contribution in [3.8, 4) is 11.1 Å². The summed E-state index contributed by atoms with van der Waals surface area (Å²) in [5.74, 6) is 0.440. The molecule has 0 bridgehead atoms. The molecule has 1 fully saturated rings. The van der Waals surface area contributed by atoms with E-state index in [0.717, 1.165) is 40.5 Å². The molecule has 3 aromatic rings. The summed E-state index contributed by atoms with van der Waals surface area (Å²) in [6.45, 7) is 1.65. The molecule has 0 aliphatic heterocycles. The van der Waals surface area contributed by atoms with Crippen molar-refractivity contribution in [1.29, 1.82) is 0 Å². The number of furan rings is 1. The minimum atomic E-state index is -3.26.